The summed E-state index contributed by atoms with van der Waals surface area (Å²) in [6.07, 6.45) is 7.09. The first-order valence-electron chi connectivity index (χ1n) is 9.54. The third kappa shape index (κ3) is 2.94. The van der Waals surface area contributed by atoms with E-state index in [1.54, 1.807) is 6.33 Å². The molecule has 0 amide bonds. The smallest absolute Gasteiger partial charge is 0.160 e. The largest absolute Gasteiger partial charge is 0.366 e. The van der Waals surface area contributed by atoms with Crippen molar-refractivity contribution in [2.75, 3.05) is 25.0 Å². The number of anilines is 1. The van der Waals surface area contributed by atoms with Crippen molar-refractivity contribution >= 4 is 16.9 Å². The van der Waals surface area contributed by atoms with Gasteiger partial charge < -0.3 is 10.2 Å². The number of nitrogens with zero attached hydrogens (tertiary/aromatic N) is 4. The minimum atomic E-state index is 0.495. The molecule has 2 N–H and O–H groups in total. The van der Waals surface area contributed by atoms with Gasteiger partial charge in [-0.1, -0.05) is 30.3 Å². The van der Waals surface area contributed by atoms with E-state index in [9.17, 15) is 0 Å². The molecule has 0 bridgehead atoms. The van der Waals surface area contributed by atoms with Crippen molar-refractivity contribution in [3.63, 3.8) is 0 Å². The van der Waals surface area contributed by atoms with Crippen LogP contribution in [0, 0.1) is 11.8 Å². The molecule has 1 saturated carbocycles. The van der Waals surface area contributed by atoms with Gasteiger partial charge in [-0.05, 0) is 36.7 Å². The number of aromatic amines is 1. The predicted molar refractivity (Wildman–Crippen MR) is 102 cm³/mol. The Balaban J connectivity index is 1.23. The summed E-state index contributed by atoms with van der Waals surface area (Å²) in [5.41, 5.74) is 2.23. The Morgan fingerprint density at radius 2 is 2.04 bits per heavy atom. The number of benzene rings is 1. The van der Waals surface area contributed by atoms with Gasteiger partial charge in [0.2, 0.25) is 0 Å². The fraction of sp³-hybridized carbons (Fsp3) is 0.450. The van der Waals surface area contributed by atoms with Crippen LogP contribution in [-0.4, -0.2) is 50.7 Å². The van der Waals surface area contributed by atoms with Crippen molar-refractivity contribution < 1.29 is 0 Å². The van der Waals surface area contributed by atoms with Crippen molar-refractivity contribution in [3.8, 4) is 0 Å². The number of rotatable bonds is 5. The summed E-state index contributed by atoms with van der Waals surface area (Å²) in [4.78, 5) is 11.3. The van der Waals surface area contributed by atoms with E-state index in [4.69, 9.17) is 0 Å². The lowest BCUT2D eigenvalue weighted by molar-refractivity contribution is 0.312. The molecule has 1 aliphatic heterocycles. The highest BCUT2D eigenvalue weighted by Gasteiger charge is 2.42. The van der Waals surface area contributed by atoms with E-state index >= 15 is 0 Å². The van der Waals surface area contributed by atoms with Crippen LogP contribution in [0.4, 0.5) is 5.82 Å². The summed E-state index contributed by atoms with van der Waals surface area (Å²) in [5.74, 6) is 2.43. The van der Waals surface area contributed by atoms with E-state index in [2.05, 4.69) is 60.7 Å². The normalized spacial score (nSPS) is 25.6. The highest BCUT2D eigenvalue weighted by molar-refractivity contribution is 5.85. The first-order chi connectivity index (χ1) is 12.9. The Morgan fingerprint density at radius 3 is 2.96 bits per heavy atom. The number of hydrogen-bond donors (Lipinski definition) is 2. The topological polar surface area (TPSA) is 69.7 Å². The molecular formula is C20H24N6. The zero-order chi connectivity index (χ0) is 17.3. The van der Waals surface area contributed by atoms with Gasteiger partial charge in [0.15, 0.2) is 5.65 Å². The molecule has 5 rings (SSSR count). The highest BCUT2D eigenvalue weighted by atomic mass is 15.2. The van der Waals surface area contributed by atoms with Crippen LogP contribution in [0.5, 0.6) is 0 Å². The van der Waals surface area contributed by atoms with Crippen LogP contribution in [0.2, 0.25) is 0 Å². The number of hydrogen-bond acceptors (Lipinski definition) is 5. The van der Waals surface area contributed by atoms with Crippen molar-refractivity contribution in [2.24, 2.45) is 11.8 Å². The third-order valence-corrected chi connectivity index (χ3v) is 6.06. The molecule has 2 fully saturated rings. The van der Waals surface area contributed by atoms with Crippen molar-refractivity contribution in [1.29, 1.82) is 0 Å². The lowest BCUT2D eigenvalue weighted by Gasteiger charge is -2.22. The fourth-order valence-electron chi connectivity index (χ4n) is 4.71. The van der Waals surface area contributed by atoms with Gasteiger partial charge in [0.05, 0.1) is 11.6 Å². The molecule has 6 nitrogen and oxygen atoms in total. The molecule has 2 aromatic heterocycles. The lowest BCUT2D eigenvalue weighted by Crippen LogP contribution is -2.31. The van der Waals surface area contributed by atoms with Gasteiger partial charge in [-0.2, -0.15) is 5.10 Å². The predicted octanol–water partition coefficient (Wildman–Crippen LogP) is 2.72. The van der Waals surface area contributed by atoms with Crippen LogP contribution in [0.3, 0.4) is 0 Å². The lowest BCUT2D eigenvalue weighted by atomic mass is 9.98. The summed E-state index contributed by atoms with van der Waals surface area (Å²) in [5, 5.41) is 11.7. The van der Waals surface area contributed by atoms with Gasteiger partial charge >= 0.3 is 0 Å². The number of aromatic nitrogens is 4. The van der Waals surface area contributed by atoms with Gasteiger partial charge in [-0.15, -0.1) is 0 Å². The molecule has 1 aliphatic carbocycles. The zero-order valence-electron chi connectivity index (χ0n) is 14.8. The first-order valence-corrected chi connectivity index (χ1v) is 9.54. The van der Waals surface area contributed by atoms with E-state index < -0.39 is 0 Å². The maximum Gasteiger partial charge on any atom is 0.160 e. The molecular weight excluding hydrogens is 324 g/mol. The summed E-state index contributed by atoms with van der Waals surface area (Å²) in [6, 6.07) is 11.3. The highest BCUT2D eigenvalue weighted by Crippen LogP contribution is 2.39. The molecule has 3 heterocycles. The van der Waals surface area contributed by atoms with Gasteiger partial charge in [0.25, 0.3) is 0 Å². The second-order valence-corrected chi connectivity index (χ2v) is 7.60. The molecule has 3 aromatic rings. The van der Waals surface area contributed by atoms with Crippen molar-refractivity contribution in [1.82, 2.24) is 25.1 Å². The molecule has 26 heavy (non-hydrogen) atoms. The number of likely N-dealkylation sites (tertiary alicyclic amines) is 1. The average molecular weight is 348 g/mol. The quantitative estimate of drug-likeness (QED) is 0.742. The summed E-state index contributed by atoms with van der Waals surface area (Å²) >= 11 is 0. The molecule has 3 atom stereocenters. The average Bonchev–Trinajstić information content (AvgIpc) is 3.38. The Kier molecular flexibility index (Phi) is 4.05. The molecule has 0 spiro atoms. The van der Waals surface area contributed by atoms with Gasteiger partial charge in [0.1, 0.15) is 12.1 Å². The Labute approximate surface area is 153 Å². The number of H-pyrrole nitrogens is 1. The minimum absolute atomic E-state index is 0.495. The van der Waals surface area contributed by atoms with E-state index in [1.165, 1.54) is 31.5 Å². The van der Waals surface area contributed by atoms with Crippen LogP contribution in [0.15, 0.2) is 42.9 Å². The van der Waals surface area contributed by atoms with Crippen LogP contribution in [-0.2, 0) is 6.42 Å². The Bertz CT molecular complexity index is 876. The number of nitrogens with one attached hydrogen (secondary N) is 2. The second-order valence-electron chi connectivity index (χ2n) is 7.60. The van der Waals surface area contributed by atoms with Crippen LogP contribution in [0.25, 0.3) is 11.0 Å². The molecule has 6 heteroatoms. The maximum atomic E-state index is 4.46. The number of fused-ring (bicyclic) bond motifs is 2. The van der Waals surface area contributed by atoms with Gasteiger partial charge in [0, 0.05) is 25.7 Å². The summed E-state index contributed by atoms with van der Waals surface area (Å²) in [7, 11) is 0. The Morgan fingerprint density at radius 1 is 1.12 bits per heavy atom. The zero-order valence-corrected chi connectivity index (χ0v) is 14.8. The molecule has 2 aliphatic rings. The van der Waals surface area contributed by atoms with Crippen molar-refractivity contribution in [2.45, 2.75) is 25.3 Å². The van der Waals surface area contributed by atoms with Crippen LogP contribution >= 0.6 is 0 Å². The Hall–Kier alpha value is -2.47. The summed E-state index contributed by atoms with van der Waals surface area (Å²) in [6.45, 7) is 3.58. The maximum absolute atomic E-state index is 4.46. The van der Waals surface area contributed by atoms with Gasteiger partial charge in [-0.3, -0.25) is 5.10 Å². The van der Waals surface area contributed by atoms with E-state index in [1.807, 2.05) is 6.20 Å². The SMILES string of the molecule is c1ccc(CCN2C[C@@H]3CC[C@@H](Nc4ncnc5[nH]ncc45)[C@@H]3C2)cc1. The second kappa shape index (κ2) is 6.68. The molecule has 134 valence electrons. The summed E-state index contributed by atoms with van der Waals surface area (Å²) < 4.78 is 0. The molecule has 0 radical (unpaired) electrons. The monoisotopic (exact) mass is 348 g/mol. The molecule has 1 saturated heterocycles. The van der Waals surface area contributed by atoms with E-state index in [0.29, 0.717) is 12.0 Å². The first kappa shape index (κ1) is 15.8. The van der Waals surface area contributed by atoms with Crippen LogP contribution in [0.1, 0.15) is 18.4 Å². The standard InChI is InChI=1S/C20H24N6/c1-2-4-14(5-3-1)8-9-26-11-15-6-7-18(17(15)12-26)24-19-16-10-23-25-20(16)22-13-21-19/h1-5,10,13,15,17-18H,6-9,11-12H2,(H2,21,22,23,24,25)/t15-,17+,18+/m0/s1. The van der Waals surface area contributed by atoms with E-state index in [0.717, 1.165) is 35.7 Å². The van der Waals surface area contributed by atoms with E-state index in [-0.39, 0.29) is 0 Å². The molecule has 1 aromatic carbocycles. The van der Waals surface area contributed by atoms with Crippen molar-refractivity contribution in [3.05, 3.63) is 48.4 Å². The third-order valence-electron chi connectivity index (χ3n) is 6.06. The minimum Gasteiger partial charge on any atom is -0.366 e. The van der Waals surface area contributed by atoms with Gasteiger partial charge in [-0.25, -0.2) is 9.97 Å². The molecule has 0 unspecified atom stereocenters. The van der Waals surface area contributed by atoms with Crippen LogP contribution < -0.4 is 5.32 Å². The fourth-order valence-corrected chi connectivity index (χ4v) is 4.71.